The zero-order chi connectivity index (χ0) is 22.3. The molecular formula is C26H37N3O3. The number of ether oxygens (including phenoxy) is 2. The average Bonchev–Trinajstić information content (AvgIpc) is 3.38. The number of carbonyl (C=O) groups is 1. The van der Waals surface area contributed by atoms with Gasteiger partial charge in [-0.05, 0) is 69.4 Å². The molecule has 1 aromatic carbocycles. The second-order valence-electron chi connectivity index (χ2n) is 9.34. The fourth-order valence-corrected chi connectivity index (χ4v) is 5.17. The molecule has 2 fully saturated rings. The van der Waals surface area contributed by atoms with Crippen LogP contribution in [0.1, 0.15) is 81.9 Å². The standard InChI is InChI=1S/C26H37N3O3/c1-3-19(2)32-26(30)29-17-7-10-23(24-15-16-27-28-24)25(29)18-31-22-13-11-21(12-14-22)20-8-5-4-6-9-20/h4-6,8-9,15-16,19,21-23,25H,3,7,10-14,17-18H2,1-2H3,(H,27,28)/t19-,21?,22?,23-,25+/m1/s1. The number of nitrogens with zero attached hydrogens (tertiary/aromatic N) is 2. The topological polar surface area (TPSA) is 67.5 Å². The van der Waals surface area contributed by atoms with Crippen LogP contribution in [0.25, 0.3) is 0 Å². The summed E-state index contributed by atoms with van der Waals surface area (Å²) < 4.78 is 12.2. The van der Waals surface area contributed by atoms with E-state index in [1.54, 1.807) is 6.20 Å². The monoisotopic (exact) mass is 439 g/mol. The third kappa shape index (κ3) is 5.52. The van der Waals surface area contributed by atoms with Crippen LogP contribution < -0.4 is 0 Å². The van der Waals surface area contributed by atoms with E-state index in [0.717, 1.165) is 50.6 Å². The predicted molar refractivity (Wildman–Crippen MR) is 125 cm³/mol. The first-order valence-electron chi connectivity index (χ1n) is 12.3. The molecule has 0 unspecified atom stereocenters. The molecule has 1 aliphatic heterocycles. The fraction of sp³-hybridized carbons (Fsp3) is 0.615. The van der Waals surface area contributed by atoms with E-state index in [0.29, 0.717) is 19.1 Å². The summed E-state index contributed by atoms with van der Waals surface area (Å²) in [6.45, 7) is 5.24. The van der Waals surface area contributed by atoms with Gasteiger partial charge in [0.2, 0.25) is 0 Å². The van der Waals surface area contributed by atoms with Crippen molar-refractivity contribution in [2.75, 3.05) is 13.2 Å². The zero-order valence-corrected chi connectivity index (χ0v) is 19.4. The maximum Gasteiger partial charge on any atom is 0.410 e. The summed E-state index contributed by atoms with van der Waals surface area (Å²) in [6.07, 6.45) is 8.98. The second kappa shape index (κ2) is 11.0. The number of likely N-dealkylation sites (tertiary alicyclic amines) is 1. The Morgan fingerprint density at radius 1 is 1.16 bits per heavy atom. The Balaban J connectivity index is 1.39. The first-order chi connectivity index (χ1) is 15.7. The largest absolute Gasteiger partial charge is 0.446 e. The number of aromatic nitrogens is 2. The highest BCUT2D eigenvalue weighted by Gasteiger charge is 2.38. The van der Waals surface area contributed by atoms with Crippen LogP contribution >= 0.6 is 0 Å². The smallest absolute Gasteiger partial charge is 0.410 e. The highest BCUT2D eigenvalue weighted by Crippen LogP contribution is 2.36. The summed E-state index contributed by atoms with van der Waals surface area (Å²) in [7, 11) is 0. The SMILES string of the molecule is CC[C@@H](C)OC(=O)N1CCC[C@H](c2ccn[nH]2)[C@@H]1COC1CCC(c2ccccc2)CC1. The maximum absolute atomic E-state index is 13.0. The minimum atomic E-state index is -0.218. The van der Waals surface area contributed by atoms with Crippen LogP contribution in [-0.4, -0.2) is 52.6 Å². The number of hydrogen-bond donors (Lipinski definition) is 1. The molecule has 6 nitrogen and oxygen atoms in total. The molecule has 2 aromatic rings. The van der Waals surface area contributed by atoms with E-state index in [1.165, 1.54) is 5.56 Å². The molecule has 0 bridgehead atoms. The Morgan fingerprint density at radius 3 is 2.62 bits per heavy atom. The molecule has 1 aromatic heterocycles. The maximum atomic E-state index is 13.0. The molecule has 1 amide bonds. The first-order valence-corrected chi connectivity index (χ1v) is 12.3. The number of H-pyrrole nitrogens is 1. The zero-order valence-electron chi connectivity index (χ0n) is 19.4. The molecule has 4 rings (SSSR count). The summed E-state index contributed by atoms with van der Waals surface area (Å²) in [5, 5.41) is 7.28. The van der Waals surface area contributed by atoms with Crippen LogP contribution in [0.4, 0.5) is 4.79 Å². The predicted octanol–water partition coefficient (Wildman–Crippen LogP) is 5.64. The van der Waals surface area contributed by atoms with Gasteiger partial charge in [0, 0.05) is 24.4 Å². The van der Waals surface area contributed by atoms with Crippen molar-refractivity contribution in [2.24, 2.45) is 0 Å². The van der Waals surface area contributed by atoms with Gasteiger partial charge in [-0.1, -0.05) is 37.3 Å². The number of nitrogens with one attached hydrogen (secondary N) is 1. The van der Waals surface area contributed by atoms with Crippen LogP contribution in [0.5, 0.6) is 0 Å². The summed E-state index contributed by atoms with van der Waals surface area (Å²) in [5.74, 6) is 0.821. The third-order valence-electron chi connectivity index (χ3n) is 7.26. The van der Waals surface area contributed by atoms with Crippen molar-refractivity contribution in [2.45, 2.75) is 88.9 Å². The number of rotatable bonds is 7. The van der Waals surface area contributed by atoms with E-state index >= 15 is 0 Å². The van der Waals surface area contributed by atoms with Gasteiger partial charge in [0.15, 0.2) is 0 Å². The van der Waals surface area contributed by atoms with Gasteiger partial charge in [0.05, 0.1) is 18.8 Å². The van der Waals surface area contributed by atoms with E-state index in [-0.39, 0.29) is 30.3 Å². The van der Waals surface area contributed by atoms with Crippen molar-refractivity contribution in [1.82, 2.24) is 15.1 Å². The number of aromatic amines is 1. The van der Waals surface area contributed by atoms with Gasteiger partial charge in [-0.15, -0.1) is 0 Å². The van der Waals surface area contributed by atoms with Gasteiger partial charge in [-0.3, -0.25) is 5.10 Å². The van der Waals surface area contributed by atoms with Gasteiger partial charge in [0.1, 0.15) is 6.10 Å². The molecule has 174 valence electrons. The lowest BCUT2D eigenvalue weighted by Gasteiger charge is -2.41. The molecule has 2 aliphatic rings. The van der Waals surface area contributed by atoms with Crippen molar-refractivity contribution in [3.63, 3.8) is 0 Å². The lowest BCUT2D eigenvalue weighted by atomic mass is 9.82. The lowest BCUT2D eigenvalue weighted by Crippen LogP contribution is -2.51. The van der Waals surface area contributed by atoms with Crippen LogP contribution in [0.2, 0.25) is 0 Å². The molecule has 1 saturated carbocycles. The van der Waals surface area contributed by atoms with E-state index in [4.69, 9.17) is 9.47 Å². The second-order valence-corrected chi connectivity index (χ2v) is 9.34. The van der Waals surface area contributed by atoms with Crippen LogP contribution in [0.3, 0.4) is 0 Å². The Hall–Kier alpha value is -2.34. The first kappa shape index (κ1) is 22.8. The molecule has 6 heteroatoms. The average molecular weight is 440 g/mol. The summed E-state index contributed by atoms with van der Waals surface area (Å²) in [5.41, 5.74) is 2.52. The minimum Gasteiger partial charge on any atom is -0.446 e. The molecule has 0 spiro atoms. The normalized spacial score (nSPS) is 27.1. The van der Waals surface area contributed by atoms with Crippen LogP contribution in [-0.2, 0) is 9.47 Å². The lowest BCUT2D eigenvalue weighted by molar-refractivity contribution is -0.0303. The Morgan fingerprint density at radius 2 is 1.94 bits per heavy atom. The van der Waals surface area contributed by atoms with E-state index in [9.17, 15) is 4.79 Å². The number of carbonyl (C=O) groups excluding carboxylic acids is 1. The summed E-state index contributed by atoms with van der Waals surface area (Å²) in [4.78, 5) is 14.9. The molecule has 0 radical (unpaired) electrons. The van der Waals surface area contributed by atoms with Crippen LogP contribution in [0, 0.1) is 0 Å². The van der Waals surface area contributed by atoms with Crippen molar-refractivity contribution in [3.8, 4) is 0 Å². The van der Waals surface area contributed by atoms with Gasteiger partial charge >= 0.3 is 6.09 Å². The van der Waals surface area contributed by atoms with Crippen molar-refractivity contribution in [3.05, 3.63) is 53.9 Å². The van der Waals surface area contributed by atoms with Gasteiger partial charge < -0.3 is 14.4 Å². The molecule has 1 saturated heterocycles. The van der Waals surface area contributed by atoms with Crippen molar-refractivity contribution >= 4 is 6.09 Å². The summed E-state index contributed by atoms with van der Waals surface area (Å²) in [6, 6.07) is 12.8. The fourth-order valence-electron chi connectivity index (χ4n) is 5.17. The Labute approximate surface area is 191 Å². The Bertz CT molecular complexity index is 818. The Kier molecular flexibility index (Phi) is 7.85. The van der Waals surface area contributed by atoms with Crippen LogP contribution in [0.15, 0.2) is 42.6 Å². The molecule has 2 heterocycles. The highest BCUT2D eigenvalue weighted by molar-refractivity contribution is 5.68. The molecule has 32 heavy (non-hydrogen) atoms. The highest BCUT2D eigenvalue weighted by atomic mass is 16.6. The molecular weight excluding hydrogens is 402 g/mol. The van der Waals surface area contributed by atoms with Crippen molar-refractivity contribution < 1.29 is 14.3 Å². The minimum absolute atomic E-state index is 0.0346. The number of hydrogen-bond acceptors (Lipinski definition) is 4. The molecule has 1 aliphatic carbocycles. The molecule has 3 atom stereocenters. The van der Waals surface area contributed by atoms with E-state index in [2.05, 4.69) is 40.5 Å². The molecule has 1 N–H and O–H groups in total. The third-order valence-corrected chi connectivity index (χ3v) is 7.26. The number of benzene rings is 1. The number of amides is 1. The van der Waals surface area contributed by atoms with Gasteiger partial charge in [0.25, 0.3) is 0 Å². The summed E-state index contributed by atoms with van der Waals surface area (Å²) >= 11 is 0. The van der Waals surface area contributed by atoms with Gasteiger partial charge in [-0.25, -0.2) is 4.79 Å². The van der Waals surface area contributed by atoms with E-state index in [1.807, 2.05) is 24.8 Å². The van der Waals surface area contributed by atoms with Crippen molar-refractivity contribution in [1.29, 1.82) is 0 Å². The quantitative estimate of drug-likeness (QED) is 0.607. The van der Waals surface area contributed by atoms with E-state index < -0.39 is 0 Å². The van der Waals surface area contributed by atoms with Gasteiger partial charge in [-0.2, -0.15) is 5.10 Å². The number of piperidine rings is 1.